The fourth-order valence-electron chi connectivity index (χ4n) is 3.45. The summed E-state index contributed by atoms with van der Waals surface area (Å²) in [6.07, 6.45) is 6.11. The van der Waals surface area contributed by atoms with Crippen LogP contribution in [-0.4, -0.2) is 64.8 Å². The van der Waals surface area contributed by atoms with Gasteiger partial charge in [-0.25, -0.2) is 0 Å². The number of aromatic nitrogens is 2. The van der Waals surface area contributed by atoms with Crippen molar-refractivity contribution in [2.75, 3.05) is 39.3 Å². The maximum absolute atomic E-state index is 4.85. The quantitative estimate of drug-likeness (QED) is 0.277. The number of hydrogen-bond donors (Lipinski definition) is 1. The van der Waals surface area contributed by atoms with E-state index in [-0.39, 0.29) is 24.0 Å². The van der Waals surface area contributed by atoms with Gasteiger partial charge in [0.25, 0.3) is 0 Å². The van der Waals surface area contributed by atoms with Gasteiger partial charge in [-0.2, -0.15) is 5.10 Å². The number of halogens is 1. The minimum atomic E-state index is 0. The Labute approximate surface area is 186 Å². The van der Waals surface area contributed by atoms with Gasteiger partial charge in [-0.05, 0) is 30.9 Å². The molecular weight excluding hydrogens is 463 g/mol. The van der Waals surface area contributed by atoms with Crippen LogP contribution in [0.4, 0.5) is 0 Å². The Morgan fingerprint density at radius 3 is 2.50 bits per heavy atom. The molecule has 1 aliphatic heterocycles. The third kappa shape index (κ3) is 7.09. The van der Waals surface area contributed by atoms with Crippen LogP contribution in [-0.2, 0) is 20.0 Å². The first kappa shape index (κ1) is 22.7. The summed E-state index contributed by atoms with van der Waals surface area (Å²) in [7, 11) is 1.96. The number of nitrogens with one attached hydrogen (secondary N) is 1. The molecule has 1 fully saturated rings. The topological polar surface area (TPSA) is 48.7 Å². The first-order chi connectivity index (χ1) is 13.2. The Bertz CT molecular complexity index is 707. The summed E-state index contributed by atoms with van der Waals surface area (Å²) in [5.41, 5.74) is 2.68. The highest BCUT2D eigenvalue weighted by Crippen LogP contribution is 2.09. The summed E-state index contributed by atoms with van der Waals surface area (Å²) >= 11 is 0. The highest BCUT2D eigenvalue weighted by atomic mass is 127. The van der Waals surface area contributed by atoms with Crippen molar-refractivity contribution < 1.29 is 0 Å². The van der Waals surface area contributed by atoms with Gasteiger partial charge in [0.1, 0.15) is 0 Å². The van der Waals surface area contributed by atoms with Crippen molar-refractivity contribution in [2.24, 2.45) is 12.0 Å². The molecule has 2 heterocycles. The average molecular weight is 496 g/mol. The molecule has 0 atom stereocenters. The summed E-state index contributed by atoms with van der Waals surface area (Å²) in [5.74, 6) is 1.06. The Morgan fingerprint density at radius 1 is 1.11 bits per heavy atom. The van der Waals surface area contributed by atoms with Gasteiger partial charge < -0.3 is 10.2 Å². The van der Waals surface area contributed by atoms with Gasteiger partial charge >= 0.3 is 0 Å². The summed E-state index contributed by atoms with van der Waals surface area (Å²) in [5, 5.41) is 7.69. The molecule has 154 valence electrons. The van der Waals surface area contributed by atoms with Crippen LogP contribution < -0.4 is 5.32 Å². The molecule has 1 aliphatic rings. The van der Waals surface area contributed by atoms with E-state index in [1.165, 1.54) is 11.1 Å². The van der Waals surface area contributed by atoms with E-state index >= 15 is 0 Å². The lowest BCUT2D eigenvalue weighted by atomic mass is 10.2. The molecule has 3 rings (SSSR count). The molecule has 7 heteroatoms. The average Bonchev–Trinajstić information content (AvgIpc) is 3.11. The fourth-order valence-corrected chi connectivity index (χ4v) is 3.45. The Morgan fingerprint density at radius 2 is 1.86 bits per heavy atom. The largest absolute Gasteiger partial charge is 0.357 e. The molecular formula is C21H33IN6. The van der Waals surface area contributed by atoms with Crippen LogP contribution in [0.3, 0.4) is 0 Å². The van der Waals surface area contributed by atoms with Gasteiger partial charge in [-0.3, -0.25) is 14.6 Å². The fraction of sp³-hybridized carbons (Fsp3) is 0.524. The minimum absolute atomic E-state index is 0. The van der Waals surface area contributed by atoms with Crippen LogP contribution in [0.1, 0.15) is 24.5 Å². The Hall–Kier alpha value is -1.61. The van der Waals surface area contributed by atoms with Crippen LogP contribution >= 0.6 is 24.0 Å². The number of guanidine groups is 1. The van der Waals surface area contributed by atoms with Crippen molar-refractivity contribution in [1.82, 2.24) is 24.9 Å². The summed E-state index contributed by atoms with van der Waals surface area (Å²) in [4.78, 5) is 9.78. The van der Waals surface area contributed by atoms with Crippen LogP contribution in [0.15, 0.2) is 47.7 Å². The second-order valence-electron chi connectivity index (χ2n) is 7.11. The normalized spacial score (nSPS) is 15.4. The number of piperazine rings is 1. The molecule has 0 saturated carbocycles. The van der Waals surface area contributed by atoms with Crippen molar-refractivity contribution in [3.63, 3.8) is 0 Å². The van der Waals surface area contributed by atoms with E-state index in [0.717, 1.165) is 64.6 Å². The smallest absolute Gasteiger partial charge is 0.194 e. The van der Waals surface area contributed by atoms with E-state index in [4.69, 9.17) is 4.99 Å². The van der Waals surface area contributed by atoms with Crippen LogP contribution in [0, 0.1) is 0 Å². The predicted molar refractivity (Wildman–Crippen MR) is 126 cm³/mol. The lowest BCUT2D eigenvalue weighted by molar-refractivity contribution is 0.172. The summed E-state index contributed by atoms with van der Waals surface area (Å²) in [6.45, 7) is 9.14. The molecule has 2 aromatic rings. The zero-order valence-electron chi connectivity index (χ0n) is 17.0. The van der Waals surface area contributed by atoms with E-state index < -0.39 is 0 Å². The van der Waals surface area contributed by atoms with Gasteiger partial charge in [0.05, 0.1) is 6.20 Å². The molecule has 1 aromatic heterocycles. The molecule has 0 unspecified atom stereocenters. The first-order valence-corrected chi connectivity index (χ1v) is 10.0. The van der Waals surface area contributed by atoms with Crippen molar-refractivity contribution in [2.45, 2.75) is 26.3 Å². The van der Waals surface area contributed by atoms with Gasteiger partial charge in [-0.15, -0.1) is 24.0 Å². The number of aliphatic imine (C=N–C) groups is 1. The monoisotopic (exact) mass is 496 g/mol. The van der Waals surface area contributed by atoms with Crippen molar-refractivity contribution in [1.29, 1.82) is 0 Å². The number of aryl methyl sites for hydroxylation is 2. The van der Waals surface area contributed by atoms with Crippen molar-refractivity contribution in [3.8, 4) is 0 Å². The molecule has 0 amide bonds. The number of hydrogen-bond acceptors (Lipinski definition) is 3. The maximum atomic E-state index is 4.85. The van der Waals surface area contributed by atoms with E-state index in [2.05, 4.69) is 63.7 Å². The molecule has 6 nitrogen and oxygen atoms in total. The second-order valence-corrected chi connectivity index (χ2v) is 7.11. The lowest BCUT2D eigenvalue weighted by Crippen LogP contribution is -2.52. The summed E-state index contributed by atoms with van der Waals surface area (Å²) in [6, 6.07) is 10.7. The Kier molecular flexibility index (Phi) is 9.77. The van der Waals surface area contributed by atoms with Gasteiger partial charge in [-0.1, -0.05) is 30.3 Å². The number of benzene rings is 1. The minimum Gasteiger partial charge on any atom is -0.357 e. The van der Waals surface area contributed by atoms with Crippen LogP contribution in [0.5, 0.6) is 0 Å². The molecule has 1 saturated heterocycles. The molecule has 0 spiro atoms. The standard InChI is InChI=1S/C21H32N6.HI/c1-3-22-21(23-11-7-10-20-16-24-25(2)17-20)27-14-12-26(13-15-27)18-19-8-5-4-6-9-19;/h4-6,8-9,16-17H,3,7,10-15,18H2,1-2H3,(H,22,23);1H. The molecule has 1 aromatic carbocycles. The third-order valence-electron chi connectivity index (χ3n) is 4.90. The van der Waals surface area contributed by atoms with Crippen molar-refractivity contribution >= 4 is 29.9 Å². The van der Waals surface area contributed by atoms with Gasteiger partial charge in [0.15, 0.2) is 5.96 Å². The number of nitrogens with zero attached hydrogens (tertiary/aromatic N) is 5. The zero-order chi connectivity index (χ0) is 18.9. The van der Waals surface area contributed by atoms with E-state index in [1.54, 1.807) is 0 Å². The molecule has 28 heavy (non-hydrogen) atoms. The van der Waals surface area contributed by atoms with Gasteiger partial charge in [0.2, 0.25) is 0 Å². The number of rotatable bonds is 7. The highest BCUT2D eigenvalue weighted by Gasteiger charge is 2.19. The molecule has 0 radical (unpaired) electrons. The predicted octanol–water partition coefficient (Wildman–Crippen LogP) is 2.75. The van der Waals surface area contributed by atoms with E-state index in [1.807, 2.05) is 17.9 Å². The zero-order valence-corrected chi connectivity index (χ0v) is 19.4. The maximum Gasteiger partial charge on any atom is 0.194 e. The van der Waals surface area contributed by atoms with E-state index in [9.17, 15) is 0 Å². The summed E-state index contributed by atoms with van der Waals surface area (Å²) < 4.78 is 1.86. The second kappa shape index (κ2) is 12.1. The Balaban J connectivity index is 0.00000280. The SMILES string of the molecule is CCNC(=NCCCc1cnn(C)c1)N1CCN(Cc2ccccc2)CC1.I. The lowest BCUT2D eigenvalue weighted by Gasteiger charge is -2.36. The highest BCUT2D eigenvalue weighted by molar-refractivity contribution is 14.0. The first-order valence-electron chi connectivity index (χ1n) is 10.0. The molecule has 0 bridgehead atoms. The van der Waals surface area contributed by atoms with Gasteiger partial charge in [0, 0.05) is 59.1 Å². The van der Waals surface area contributed by atoms with Crippen molar-refractivity contribution in [3.05, 3.63) is 53.9 Å². The molecule has 1 N–H and O–H groups in total. The van der Waals surface area contributed by atoms with Crippen LogP contribution in [0.2, 0.25) is 0 Å². The third-order valence-corrected chi connectivity index (χ3v) is 4.90. The van der Waals surface area contributed by atoms with Crippen LogP contribution in [0.25, 0.3) is 0 Å². The molecule has 0 aliphatic carbocycles. The van der Waals surface area contributed by atoms with E-state index in [0.29, 0.717) is 0 Å².